The predicted octanol–water partition coefficient (Wildman–Crippen LogP) is 1.88. The molecule has 104 valence electrons. The number of halogens is 1. The predicted molar refractivity (Wildman–Crippen MR) is 67.6 cm³/mol. The lowest BCUT2D eigenvalue weighted by Gasteiger charge is -2.27. The van der Waals surface area contributed by atoms with Gasteiger partial charge in [-0.05, 0) is 18.9 Å². The first kappa shape index (κ1) is 13.7. The monoisotopic (exact) mass is 268 g/mol. The van der Waals surface area contributed by atoms with Crippen LogP contribution >= 0.6 is 0 Å². The third-order valence-electron chi connectivity index (χ3n) is 3.49. The molecule has 6 heteroatoms. The van der Waals surface area contributed by atoms with Crippen molar-refractivity contribution in [2.24, 2.45) is 5.92 Å². The second kappa shape index (κ2) is 5.97. The summed E-state index contributed by atoms with van der Waals surface area (Å²) in [6, 6.07) is 0.939. The van der Waals surface area contributed by atoms with Gasteiger partial charge in [0, 0.05) is 12.5 Å². The van der Waals surface area contributed by atoms with Crippen molar-refractivity contribution in [3.8, 4) is 0 Å². The number of nitrogens with zero attached hydrogens (tertiary/aromatic N) is 1. The number of aromatic carboxylic acids is 1. The highest BCUT2D eigenvalue weighted by atomic mass is 19.1. The minimum absolute atomic E-state index is 0.0854. The average molecular weight is 268 g/mol. The van der Waals surface area contributed by atoms with E-state index in [-0.39, 0.29) is 23.4 Å². The van der Waals surface area contributed by atoms with E-state index in [4.69, 9.17) is 5.11 Å². The fraction of sp³-hybridized carbons (Fsp3) is 0.538. The van der Waals surface area contributed by atoms with Crippen LogP contribution in [-0.2, 0) is 0 Å². The summed E-state index contributed by atoms with van der Waals surface area (Å²) in [7, 11) is 0. The lowest BCUT2D eigenvalue weighted by atomic mass is 9.86. The zero-order valence-corrected chi connectivity index (χ0v) is 10.5. The van der Waals surface area contributed by atoms with E-state index in [2.05, 4.69) is 10.3 Å². The molecule has 1 heterocycles. The van der Waals surface area contributed by atoms with Gasteiger partial charge in [-0.1, -0.05) is 12.8 Å². The Morgan fingerprint density at radius 3 is 2.89 bits per heavy atom. The van der Waals surface area contributed by atoms with Gasteiger partial charge in [-0.25, -0.2) is 14.2 Å². The molecular formula is C13H17FN2O3. The minimum atomic E-state index is -1.22. The molecule has 1 saturated carbocycles. The molecule has 19 heavy (non-hydrogen) atoms. The normalized spacial score (nSPS) is 23.1. The standard InChI is InChI=1S/C13H17FN2O3/c14-9-5-10(13(18)19)12(16-7-9)15-6-8-3-1-2-4-11(8)17/h5,7-8,11,17H,1-4,6H2,(H,15,16)(H,18,19). The molecule has 1 fully saturated rings. The van der Waals surface area contributed by atoms with E-state index in [0.717, 1.165) is 37.9 Å². The third-order valence-corrected chi connectivity index (χ3v) is 3.49. The van der Waals surface area contributed by atoms with Crippen molar-refractivity contribution in [2.75, 3.05) is 11.9 Å². The van der Waals surface area contributed by atoms with Gasteiger partial charge in [0.05, 0.1) is 12.3 Å². The van der Waals surface area contributed by atoms with E-state index in [1.807, 2.05) is 0 Å². The number of aliphatic hydroxyl groups excluding tert-OH is 1. The summed E-state index contributed by atoms with van der Waals surface area (Å²) >= 11 is 0. The number of carboxylic acid groups (broad SMARTS) is 1. The summed E-state index contributed by atoms with van der Waals surface area (Å²) in [5, 5.41) is 21.7. The molecule has 3 N–H and O–H groups in total. The smallest absolute Gasteiger partial charge is 0.339 e. The summed E-state index contributed by atoms with van der Waals surface area (Å²) in [5.74, 6) is -1.67. The number of rotatable bonds is 4. The number of pyridine rings is 1. The van der Waals surface area contributed by atoms with Crippen molar-refractivity contribution in [1.82, 2.24) is 4.98 Å². The Hall–Kier alpha value is -1.69. The summed E-state index contributed by atoms with van der Waals surface area (Å²) < 4.78 is 13.0. The number of aromatic nitrogens is 1. The number of hydrogen-bond donors (Lipinski definition) is 3. The maximum Gasteiger partial charge on any atom is 0.339 e. The first-order valence-corrected chi connectivity index (χ1v) is 6.38. The van der Waals surface area contributed by atoms with E-state index in [1.165, 1.54) is 0 Å². The van der Waals surface area contributed by atoms with Gasteiger partial charge in [-0.3, -0.25) is 0 Å². The van der Waals surface area contributed by atoms with Crippen LogP contribution in [0, 0.1) is 11.7 Å². The van der Waals surface area contributed by atoms with Crippen molar-refractivity contribution in [1.29, 1.82) is 0 Å². The van der Waals surface area contributed by atoms with E-state index in [9.17, 15) is 14.3 Å². The van der Waals surface area contributed by atoms with Crippen LogP contribution in [0.4, 0.5) is 10.2 Å². The molecule has 1 aliphatic rings. The molecule has 2 rings (SSSR count). The fourth-order valence-electron chi connectivity index (χ4n) is 2.40. The van der Waals surface area contributed by atoms with Crippen LogP contribution in [0.15, 0.2) is 12.3 Å². The Balaban J connectivity index is 2.04. The second-order valence-corrected chi connectivity index (χ2v) is 4.85. The van der Waals surface area contributed by atoms with Crippen LogP contribution < -0.4 is 5.32 Å². The maximum absolute atomic E-state index is 13.0. The molecule has 0 amide bonds. The van der Waals surface area contributed by atoms with Gasteiger partial charge in [-0.15, -0.1) is 0 Å². The number of carbonyl (C=O) groups is 1. The number of nitrogens with one attached hydrogen (secondary N) is 1. The molecule has 0 aromatic carbocycles. The van der Waals surface area contributed by atoms with Crippen molar-refractivity contribution in [3.63, 3.8) is 0 Å². The first-order valence-electron chi connectivity index (χ1n) is 6.38. The molecule has 1 aromatic rings. The van der Waals surface area contributed by atoms with Crippen LogP contribution in [0.25, 0.3) is 0 Å². The van der Waals surface area contributed by atoms with E-state index >= 15 is 0 Å². The van der Waals surface area contributed by atoms with E-state index < -0.39 is 11.8 Å². The second-order valence-electron chi connectivity index (χ2n) is 4.85. The summed E-state index contributed by atoms with van der Waals surface area (Å²) in [4.78, 5) is 14.8. The fourth-order valence-corrected chi connectivity index (χ4v) is 2.40. The third kappa shape index (κ3) is 3.41. The average Bonchev–Trinajstić information content (AvgIpc) is 2.38. The maximum atomic E-state index is 13.0. The van der Waals surface area contributed by atoms with Gasteiger partial charge in [0.1, 0.15) is 17.2 Å². The highest BCUT2D eigenvalue weighted by Gasteiger charge is 2.23. The van der Waals surface area contributed by atoms with Crippen molar-refractivity contribution < 1.29 is 19.4 Å². The number of carboxylic acids is 1. The van der Waals surface area contributed by atoms with Crippen molar-refractivity contribution in [2.45, 2.75) is 31.8 Å². The van der Waals surface area contributed by atoms with Crippen LogP contribution in [0.5, 0.6) is 0 Å². The van der Waals surface area contributed by atoms with Gasteiger partial charge in [0.2, 0.25) is 0 Å². The highest BCUT2D eigenvalue weighted by Crippen LogP contribution is 2.25. The summed E-state index contributed by atoms with van der Waals surface area (Å²) in [5.41, 5.74) is -0.190. The molecule has 2 atom stereocenters. The van der Waals surface area contributed by atoms with E-state index in [0.29, 0.717) is 6.54 Å². The molecule has 0 bridgehead atoms. The lowest BCUT2D eigenvalue weighted by molar-refractivity contribution is 0.0696. The Morgan fingerprint density at radius 2 is 2.21 bits per heavy atom. The van der Waals surface area contributed by atoms with Gasteiger partial charge in [-0.2, -0.15) is 0 Å². The quantitative estimate of drug-likeness (QED) is 0.776. The zero-order valence-electron chi connectivity index (χ0n) is 10.5. The minimum Gasteiger partial charge on any atom is -0.478 e. The highest BCUT2D eigenvalue weighted by molar-refractivity contribution is 5.93. The molecule has 1 aromatic heterocycles. The largest absolute Gasteiger partial charge is 0.478 e. The molecule has 0 radical (unpaired) electrons. The van der Waals surface area contributed by atoms with Crippen molar-refractivity contribution in [3.05, 3.63) is 23.6 Å². The Labute approximate surface area is 110 Å². The van der Waals surface area contributed by atoms with Gasteiger partial charge in [0.25, 0.3) is 0 Å². The number of anilines is 1. The molecule has 5 nitrogen and oxygen atoms in total. The van der Waals surface area contributed by atoms with Crippen LogP contribution in [0.1, 0.15) is 36.0 Å². The first-order chi connectivity index (χ1) is 9.08. The Bertz CT molecular complexity index is 467. The molecular weight excluding hydrogens is 251 g/mol. The molecule has 0 spiro atoms. The van der Waals surface area contributed by atoms with E-state index in [1.54, 1.807) is 0 Å². The van der Waals surface area contributed by atoms with Crippen LogP contribution in [0.3, 0.4) is 0 Å². The Kier molecular flexibility index (Phi) is 4.31. The van der Waals surface area contributed by atoms with Gasteiger partial charge < -0.3 is 15.5 Å². The molecule has 2 unspecified atom stereocenters. The lowest BCUT2D eigenvalue weighted by Crippen LogP contribution is -2.30. The zero-order chi connectivity index (χ0) is 13.8. The SMILES string of the molecule is O=C(O)c1cc(F)cnc1NCC1CCCCC1O. The topological polar surface area (TPSA) is 82.5 Å². The van der Waals surface area contributed by atoms with Crippen molar-refractivity contribution >= 4 is 11.8 Å². The number of aliphatic hydroxyl groups is 1. The van der Waals surface area contributed by atoms with Crippen LogP contribution in [-0.4, -0.2) is 33.8 Å². The Morgan fingerprint density at radius 1 is 1.47 bits per heavy atom. The van der Waals surface area contributed by atoms with Gasteiger partial charge >= 0.3 is 5.97 Å². The van der Waals surface area contributed by atoms with Crippen LogP contribution in [0.2, 0.25) is 0 Å². The summed E-state index contributed by atoms with van der Waals surface area (Å²) in [6.07, 6.45) is 4.37. The molecule has 1 aliphatic carbocycles. The number of hydrogen-bond acceptors (Lipinski definition) is 4. The molecule has 0 aliphatic heterocycles. The summed E-state index contributed by atoms with van der Waals surface area (Å²) in [6.45, 7) is 0.445. The molecule has 0 saturated heterocycles. The van der Waals surface area contributed by atoms with Gasteiger partial charge in [0.15, 0.2) is 0 Å².